The number of hydrogen-bond acceptors (Lipinski definition) is 12. The molecule has 3 aliphatic heterocycles. The molecule has 3 aromatic rings. The molecule has 0 aliphatic carbocycles. The largest absolute Gasteiger partial charge is 0.333 e. The van der Waals surface area contributed by atoms with Gasteiger partial charge in [0.05, 0.1) is 0 Å². The number of carbonyl (C=O) groups is 3. The summed E-state index contributed by atoms with van der Waals surface area (Å²) in [6.45, 7) is 43.9. The SMILES string of the molecule is CCN1CCN(S(=O)(=O)NC(=O)Nc2c(C(C)C)cc(C)cc2C(C)C)CC1.CCN1CCN(S(=O)(=O)NC(=O)Nc2c(C(C)C)cc(C)cc2C(C)C)CC1.CCN1CCN(S(=O)(=O)NC(=O)Nc2c(C(C)C)cccc2C(C)C)CC1. The number of nitrogens with zero attached hydrogens (tertiary/aromatic N) is 6. The van der Waals surface area contributed by atoms with E-state index in [1.165, 1.54) is 12.9 Å². The van der Waals surface area contributed by atoms with Crippen LogP contribution in [0.2, 0.25) is 0 Å². The van der Waals surface area contributed by atoms with Crippen LogP contribution in [0, 0.1) is 13.8 Å². The van der Waals surface area contributed by atoms with Crippen LogP contribution in [0.5, 0.6) is 0 Å². The number of rotatable bonds is 18. The second-order valence-electron chi connectivity index (χ2n) is 23.6. The van der Waals surface area contributed by atoms with Gasteiger partial charge < -0.3 is 30.7 Å². The van der Waals surface area contributed by atoms with E-state index in [0.29, 0.717) is 95.6 Å². The van der Waals surface area contributed by atoms with Crippen LogP contribution in [0.25, 0.3) is 0 Å². The summed E-state index contributed by atoms with van der Waals surface area (Å²) in [5.41, 5.74) is 10.4. The first-order chi connectivity index (χ1) is 38.7. The Balaban J connectivity index is 0.000000267. The minimum absolute atomic E-state index is 0.200. The van der Waals surface area contributed by atoms with Gasteiger partial charge in [-0.05, 0) is 102 Å². The Hall–Kier alpha value is -4.92. The van der Waals surface area contributed by atoms with Gasteiger partial charge in [0.15, 0.2) is 0 Å². The Morgan fingerprint density at radius 2 is 0.578 bits per heavy atom. The van der Waals surface area contributed by atoms with E-state index in [1.54, 1.807) is 0 Å². The molecule has 0 bridgehead atoms. The van der Waals surface area contributed by atoms with Gasteiger partial charge in [-0.25, -0.2) is 28.5 Å². The van der Waals surface area contributed by atoms with Gasteiger partial charge in [0, 0.05) is 95.6 Å². The summed E-state index contributed by atoms with van der Waals surface area (Å²) in [6, 6.07) is 11.9. The van der Waals surface area contributed by atoms with Crippen LogP contribution in [0.4, 0.5) is 31.4 Å². The molecule has 0 unspecified atom stereocenters. The van der Waals surface area contributed by atoms with E-state index in [0.717, 1.165) is 64.1 Å². The number of amides is 6. The number of aryl methyl sites for hydroxylation is 2. The van der Waals surface area contributed by atoms with Crippen LogP contribution in [0.15, 0.2) is 42.5 Å². The maximum Gasteiger partial charge on any atom is 0.333 e. The monoisotopic (exact) mass is 1220 g/mol. The number of piperazine rings is 3. The first-order valence-electron chi connectivity index (χ1n) is 29.6. The number of para-hydroxylation sites is 1. The van der Waals surface area contributed by atoms with Crippen molar-refractivity contribution in [3.8, 4) is 0 Å². The number of nitrogens with one attached hydrogen (secondary N) is 6. The minimum atomic E-state index is -3.86. The van der Waals surface area contributed by atoms with Crippen molar-refractivity contribution in [1.29, 1.82) is 0 Å². The van der Waals surface area contributed by atoms with Gasteiger partial charge in [-0.3, -0.25) is 0 Å². The van der Waals surface area contributed by atoms with Crippen LogP contribution in [0.3, 0.4) is 0 Å². The van der Waals surface area contributed by atoms with Crippen LogP contribution in [-0.2, 0) is 30.6 Å². The lowest BCUT2D eigenvalue weighted by Crippen LogP contribution is -2.53. The fraction of sp³-hybridized carbons (Fsp3) is 0.644. The lowest BCUT2D eigenvalue weighted by molar-refractivity contribution is 0.195. The van der Waals surface area contributed by atoms with Crippen LogP contribution < -0.4 is 30.1 Å². The number of urea groups is 3. The van der Waals surface area contributed by atoms with E-state index < -0.39 is 48.7 Å². The predicted octanol–water partition coefficient (Wildman–Crippen LogP) is 9.43. The smallest absolute Gasteiger partial charge is 0.307 e. The van der Waals surface area contributed by atoms with Crippen molar-refractivity contribution in [3.63, 3.8) is 0 Å². The molecule has 3 heterocycles. The van der Waals surface area contributed by atoms with Gasteiger partial charge in [0.2, 0.25) is 0 Å². The van der Waals surface area contributed by atoms with Gasteiger partial charge >= 0.3 is 48.7 Å². The molecule has 24 heteroatoms. The summed E-state index contributed by atoms with van der Waals surface area (Å²) in [7, 11) is -11.6. The van der Waals surface area contributed by atoms with Gasteiger partial charge in [0.25, 0.3) is 0 Å². The first kappa shape index (κ1) is 70.6. The summed E-state index contributed by atoms with van der Waals surface area (Å²) >= 11 is 0. The van der Waals surface area contributed by atoms with Crippen molar-refractivity contribution in [2.75, 3.05) is 114 Å². The molecule has 3 saturated heterocycles. The topological polar surface area (TPSA) is 245 Å². The predicted molar refractivity (Wildman–Crippen MR) is 338 cm³/mol. The quantitative estimate of drug-likeness (QED) is 0.0698. The van der Waals surface area contributed by atoms with E-state index in [2.05, 4.69) is 114 Å². The molecule has 0 radical (unpaired) electrons. The molecule has 6 N–H and O–H groups in total. The van der Waals surface area contributed by atoms with E-state index in [9.17, 15) is 39.6 Å². The Bertz CT molecular complexity index is 2760. The van der Waals surface area contributed by atoms with Crippen molar-refractivity contribution in [1.82, 2.24) is 41.8 Å². The highest BCUT2D eigenvalue weighted by Crippen LogP contribution is 2.36. The third kappa shape index (κ3) is 20.4. The fourth-order valence-corrected chi connectivity index (χ4v) is 13.5. The number of anilines is 3. The molecular weight excluding hydrogens is 1120 g/mol. The van der Waals surface area contributed by atoms with Crippen LogP contribution >= 0.6 is 0 Å². The minimum Gasteiger partial charge on any atom is -0.307 e. The average Bonchev–Trinajstić information content (AvgIpc) is 3.42. The van der Waals surface area contributed by atoms with E-state index in [-0.39, 0.29) is 35.5 Å². The van der Waals surface area contributed by atoms with E-state index in [1.807, 2.05) is 90.9 Å². The van der Waals surface area contributed by atoms with Gasteiger partial charge in [-0.2, -0.15) is 38.2 Å². The molecule has 0 saturated carbocycles. The third-order valence-corrected chi connectivity index (χ3v) is 19.7. The zero-order valence-electron chi connectivity index (χ0n) is 52.7. The molecule has 21 nitrogen and oxygen atoms in total. The molecule has 3 fully saturated rings. The third-order valence-electron chi connectivity index (χ3n) is 15.3. The number of benzene rings is 3. The van der Waals surface area contributed by atoms with Crippen molar-refractivity contribution < 1.29 is 39.6 Å². The highest BCUT2D eigenvalue weighted by Gasteiger charge is 2.32. The van der Waals surface area contributed by atoms with Crippen LogP contribution in [0.1, 0.15) is 184 Å². The second kappa shape index (κ2) is 31.5. The van der Waals surface area contributed by atoms with Gasteiger partial charge in [0.1, 0.15) is 0 Å². The standard InChI is InChI=1S/2C20H34N4O3S.C19H32N4O3S/c2*1-7-23-8-10-24(11-9-23)28(26,27)22-20(25)21-19-17(14(2)3)12-16(6)13-18(19)15(4)5;1-6-22-10-12-23(13-11-22)27(25,26)21-19(24)20-18-16(14(2)3)8-7-9-17(18)15(4)5/h2*12-15H,7-11H2,1-6H3,(H2,21,22,25);7-9,14-15H,6,10-13H2,1-5H3,(H2,20,21,24). The Morgan fingerprint density at radius 1 is 0.373 bits per heavy atom. The number of carbonyl (C=O) groups excluding carboxylic acids is 3. The van der Waals surface area contributed by atoms with Gasteiger partial charge in [-0.1, -0.05) is 157 Å². The highest BCUT2D eigenvalue weighted by atomic mass is 32.2. The zero-order chi connectivity index (χ0) is 62.3. The molecule has 6 amide bonds. The highest BCUT2D eigenvalue weighted by molar-refractivity contribution is 7.88. The molecule has 468 valence electrons. The zero-order valence-corrected chi connectivity index (χ0v) is 55.1. The molecule has 0 aromatic heterocycles. The number of likely N-dealkylation sites (N-methyl/N-ethyl adjacent to an activating group) is 3. The molecule has 0 atom stereocenters. The maximum absolute atomic E-state index is 12.6. The second-order valence-corrected chi connectivity index (χ2v) is 28.6. The molecular formula is C59H100N12O9S3. The van der Waals surface area contributed by atoms with E-state index >= 15 is 0 Å². The summed E-state index contributed by atoms with van der Waals surface area (Å²) in [5.74, 6) is 1.21. The van der Waals surface area contributed by atoms with Crippen molar-refractivity contribution in [2.45, 2.75) is 153 Å². The lowest BCUT2D eigenvalue weighted by atomic mass is 9.90. The summed E-state index contributed by atoms with van der Waals surface area (Å²) in [6.07, 6.45) is 0. The maximum atomic E-state index is 12.6. The molecule has 3 aromatic carbocycles. The normalized spacial score (nSPS) is 16.6. The molecule has 6 rings (SSSR count). The summed E-state index contributed by atoms with van der Waals surface area (Å²) < 4.78 is 86.1. The lowest BCUT2D eigenvalue weighted by Gasteiger charge is -2.33. The average molecular weight is 1220 g/mol. The van der Waals surface area contributed by atoms with Crippen LogP contribution in [-0.4, -0.2) is 169 Å². The number of hydrogen-bond donors (Lipinski definition) is 6. The fourth-order valence-electron chi connectivity index (χ4n) is 10.3. The molecule has 0 spiro atoms. The Labute approximate surface area is 499 Å². The van der Waals surface area contributed by atoms with Crippen molar-refractivity contribution in [3.05, 3.63) is 87.0 Å². The first-order valence-corrected chi connectivity index (χ1v) is 33.9. The van der Waals surface area contributed by atoms with Gasteiger partial charge in [-0.15, -0.1) is 0 Å². The van der Waals surface area contributed by atoms with Crippen molar-refractivity contribution >= 4 is 65.8 Å². The molecule has 83 heavy (non-hydrogen) atoms. The summed E-state index contributed by atoms with van der Waals surface area (Å²) in [4.78, 5) is 44.2. The Morgan fingerprint density at radius 3 is 0.771 bits per heavy atom. The summed E-state index contributed by atoms with van der Waals surface area (Å²) in [5, 5.41) is 8.43. The molecule has 3 aliphatic rings. The Kier molecular flexibility index (Phi) is 26.7. The van der Waals surface area contributed by atoms with Crippen molar-refractivity contribution in [2.24, 2.45) is 0 Å². The van der Waals surface area contributed by atoms with E-state index in [4.69, 9.17) is 0 Å².